The number of oxazole rings is 1. The molecule has 0 saturated heterocycles. The molecule has 2 aromatic rings. The predicted molar refractivity (Wildman–Crippen MR) is 59.1 cm³/mol. The predicted octanol–water partition coefficient (Wildman–Crippen LogP) is 3.34. The van der Waals surface area contributed by atoms with Gasteiger partial charge in [0.15, 0.2) is 4.67 Å². The lowest BCUT2D eigenvalue weighted by Gasteiger charge is -1.95. The van der Waals surface area contributed by atoms with Crippen molar-refractivity contribution in [2.45, 2.75) is 0 Å². The average Bonchev–Trinajstić information content (AvgIpc) is 2.47. The highest BCUT2D eigenvalue weighted by atomic mass is 79.9. The monoisotopic (exact) mass is 272 g/mol. The fraction of sp³-hybridized carbons (Fsp3) is 0. The number of benzene rings is 1. The van der Waals surface area contributed by atoms with Gasteiger partial charge in [0.2, 0.25) is 0 Å². The van der Waals surface area contributed by atoms with E-state index < -0.39 is 0 Å². The molecule has 14 heavy (non-hydrogen) atoms. The van der Waals surface area contributed by atoms with Gasteiger partial charge in [0, 0.05) is 10.6 Å². The molecule has 0 aliphatic heterocycles. The maximum atomic E-state index is 5.76. The van der Waals surface area contributed by atoms with Crippen LogP contribution in [-0.4, -0.2) is 4.98 Å². The van der Waals surface area contributed by atoms with E-state index in [0.29, 0.717) is 15.4 Å². The third-order valence-corrected chi connectivity index (χ3v) is 2.51. The Hall–Kier alpha value is -1.000. The summed E-state index contributed by atoms with van der Waals surface area (Å²) >= 11 is 8.99. The summed E-state index contributed by atoms with van der Waals surface area (Å²) in [4.78, 5) is 4.03. The van der Waals surface area contributed by atoms with Gasteiger partial charge in [-0.1, -0.05) is 23.7 Å². The first-order chi connectivity index (χ1) is 6.66. The number of nitrogens with zero attached hydrogens (tertiary/aromatic N) is 1. The molecule has 0 bridgehead atoms. The molecule has 72 valence electrons. The van der Waals surface area contributed by atoms with E-state index in [4.69, 9.17) is 21.8 Å². The van der Waals surface area contributed by atoms with Crippen LogP contribution < -0.4 is 5.73 Å². The third kappa shape index (κ3) is 1.76. The molecule has 0 spiro atoms. The van der Waals surface area contributed by atoms with Gasteiger partial charge in [0.25, 0.3) is 6.01 Å². The van der Waals surface area contributed by atoms with E-state index in [0.717, 1.165) is 5.56 Å². The molecule has 0 radical (unpaired) electrons. The fourth-order valence-corrected chi connectivity index (χ4v) is 1.71. The van der Waals surface area contributed by atoms with Crippen LogP contribution in [0.4, 0.5) is 6.01 Å². The topological polar surface area (TPSA) is 52.0 Å². The van der Waals surface area contributed by atoms with Crippen LogP contribution in [-0.2, 0) is 0 Å². The Morgan fingerprint density at radius 2 is 1.93 bits per heavy atom. The minimum absolute atomic E-state index is 0.141. The minimum Gasteiger partial charge on any atom is -0.416 e. The number of nitrogens with two attached hydrogens (primary N) is 1. The highest BCUT2D eigenvalue weighted by molar-refractivity contribution is 9.10. The lowest BCUT2D eigenvalue weighted by Crippen LogP contribution is -1.83. The third-order valence-electron chi connectivity index (χ3n) is 1.72. The van der Waals surface area contributed by atoms with Gasteiger partial charge in [-0.25, -0.2) is 0 Å². The molecule has 1 aromatic carbocycles. The molecular formula is C9H6BrClN2O. The van der Waals surface area contributed by atoms with Crippen molar-refractivity contribution in [3.63, 3.8) is 0 Å². The molecule has 2 N–H and O–H groups in total. The second-order valence-corrected chi connectivity index (χ2v) is 3.84. The first-order valence-electron chi connectivity index (χ1n) is 3.84. The summed E-state index contributed by atoms with van der Waals surface area (Å²) in [5, 5.41) is 0.682. The molecular weight excluding hydrogens is 267 g/mol. The van der Waals surface area contributed by atoms with Gasteiger partial charge >= 0.3 is 0 Å². The maximum absolute atomic E-state index is 5.76. The number of nitrogen functional groups attached to an aromatic ring is 1. The molecule has 0 amide bonds. The number of hydrogen-bond acceptors (Lipinski definition) is 3. The Labute approximate surface area is 94.0 Å². The largest absolute Gasteiger partial charge is 0.416 e. The number of anilines is 1. The standard InChI is InChI=1S/C9H6BrClN2O/c10-8-7(13-9(12)14-8)5-1-3-6(11)4-2-5/h1-4H,(H2,12,13). The molecule has 1 heterocycles. The van der Waals surface area contributed by atoms with E-state index in [9.17, 15) is 0 Å². The van der Waals surface area contributed by atoms with Gasteiger partial charge < -0.3 is 10.2 Å². The lowest BCUT2D eigenvalue weighted by atomic mass is 10.2. The van der Waals surface area contributed by atoms with Crippen LogP contribution >= 0.6 is 27.5 Å². The van der Waals surface area contributed by atoms with Gasteiger partial charge in [-0.15, -0.1) is 0 Å². The zero-order valence-corrected chi connectivity index (χ0v) is 9.34. The summed E-state index contributed by atoms with van der Waals surface area (Å²) in [5.74, 6) is 0. The number of rotatable bonds is 1. The van der Waals surface area contributed by atoms with Crippen molar-refractivity contribution in [2.24, 2.45) is 0 Å². The van der Waals surface area contributed by atoms with Crippen molar-refractivity contribution in [3.05, 3.63) is 34.0 Å². The van der Waals surface area contributed by atoms with Crippen LogP contribution in [0.1, 0.15) is 0 Å². The van der Waals surface area contributed by atoms with E-state index in [1.165, 1.54) is 0 Å². The smallest absolute Gasteiger partial charge is 0.293 e. The van der Waals surface area contributed by atoms with Gasteiger partial charge in [0.1, 0.15) is 5.69 Å². The van der Waals surface area contributed by atoms with Crippen molar-refractivity contribution < 1.29 is 4.42 Å². The van der Waals surface area contributed by atoms with Crippen molar-refractivity contribution in [2.75, 3.05) is 5.73 Å². The van der Waals surface area contributed by atoms with Gasteiger partial charge in [-0.2, -0.15) is 4.98 Å². The van der Waals surface area contributed by atoms with E-state index >= 15 is 0 Å². The number of hydrogen-bond donors (Lipinski definition) is 1. The second-order valence-electron chi connectivity index (χ2n) is 2.68. The molecule has 0 saturated carbocycles. The zero-order valence-electron chi connectivity index (χ0n) is 7.00. The van der Waals surface area contributed by atoms with E-state index in [1.807, 2.05) is 12.1 Å². The molecule has 2 rings (SSSR count). The number of aromatic nitrogens is 1. The van der Waals surface area contributed by atoms with E-state index in [-0.39, 0.29) is 6.01 Å². The zero-order chi connectivity index (χ0) is 10.1. The molecule has 0 aliphatic rings. The molecule has 0 atom stereocenters. The molecule has 0 unspecified atom stereocenters. The Morgan fingerprint density at radius 1 is 1.29 bits per heavy atom. The van der Waals surface area contributed by atoms with Crippen LogP contribution in [0.3, 0.4) is 0 Å². The Morgan fingerprint density at radius 3 is 2.43 bits per heavy atom. The van der Waals surface area contributed by atoms with Crippen molar-refractivity contribution in [1.82, 2.24) is 4.98 Å². The summed E-state index contributed by atoms with van der Waals surface area (Å²) in [7, 11) is 0. The highest BCUT2D eigenvalue weighted by Crippen LogP contribution is 2.29. The summed E-state index contributed by atoms with van der Waals surface area (Å²) < 4.78 is 5.57. The van der Waals surface area contributed by atoms with Crippen LogP contribution in [0.5, 0.6) is 0 Å². The van der Waals surface area contributed by atoms with E-state index in [1.54, 1.807) is 12.1 Å². The first-order valence-corrected chi connectivity index (χ1v) is 5.01. The quantitative estimate of drug-likeness (QED) is 0.867. The minimum atomic E-state index is 0.141. The molecule has 1 aromatic heterocycles. The Balaban J connectivity index is 2.49. The van der Waals surface area contributed by atoms with E-state index in [2.05, 4.69) is 20.9 Å². The van der Waals surface area contributed by atoms with Crippen LogP contribution in [0, 0.1) is 0 Å². The highest BCUT2D eigenvalue weighted by Gasteiger charge is 2.10. The molecule has 5 heteroatoms. The normalized spacial score (nSPS) is 10.4. The van der Waals surface area contributed by atoms with Crippen LogP contribution in [0.25, 0.3) is 11.3 Å². The van der Waals surface area contributed by atoms with Crippen molar-refractivity contribution in [3.8, 4) is 11.3 Å². The SMILES string of the molecule is Nc1nc(-c2ccc(Cl)cc2)c(Br)o1. The fourth-order valence-electron chi connectivity index (χ4n) is 1.10. The summed E-state index contributed by atoms with van der Waals surface area (Å²) in [6.45, 7) is 0. The first kappa shape index (κ1) is 9.55. The van der Waals surface area contributed by atoms with Crippen LogP contribution in [0.2, 0.25) is 5.02 Å². The van der Waals surface area contributed by atoms with Crippen molar-refractivity contribution in [1.29, 1.82) is 0 Å². The molecule has 3 nitrogen and oxygen atoms in total. The maximum Gasteiger partial charge on any atom is 0.293 e. The Bertz CT molecular complexity index is 452. The second kappa shape index (κ2) is 3.63. The van der Waals surface area contributed by atoms with Crippen molar-refractivity contribution >= 4 is 33.5 Å². The van der Waals surface area contributed by atoms with Gasteiger partial charge in [-0.05, 0) is 28.1 Å². The van der Waals surface area contributed by atoms with Crippen LogP contribution in [0.15, 0.2) is 33.4 Å². The van der Waals surface area contributed by atoms with Gasteiger partial charge in [-0.3, -0.25) is 0 Å². The lowest BCUT2D eigenvalue weighted by molar-refractivity contribution is 0.556. The van der Waals surface area contributed by atoms with Gasteiger partial charge in [0.05, 0.1) is 0 Å². The average molecular weight is 274 g/mol. The Kier molecular flexibility index (Phi) is 2.48. The summed E-state index contributed by atoms with van der Waals surface area (Å²) in [5.41, 5.74) is 7.00. The number of halogens is 2. The molecule has 0 fully saturated rings. The summed E-state index contributed by atoms with van der Waals surface area (Å²) in [6, 6.07) is 7.42. The summed E-state index contributed by atoms with van der Waals surface area (Å²) in [6.07, 6.45) is 0. The molecule has 0 aliphatic carbocycles.